The van der Waals surface area contributed by atoms with E-state index < -0.39 is 0 Å². The van der Waals surface area contributed by atoms with Crippen molar-refractivity contribution in [2.75, 3.05) is 13.1 Å². The Hall–Kier alpha value is -1.35. The molecule has 0 saturated carbocycles. The standard InChI is InChI=1S/C15H21FN2.C3H8/c1-11(13-5-7-14(16)8-6-13)15(17)12(2)18-9-3-4-10-18;1-3-2/h5-8,11,15H,2-4,9-10,17H2,1H3;3H2,1-2H3. The summed E-state index contributed by atoms with van der Waals surface area (Å²) in [6, 6.07) is 6.47. The molecule has 2 rings (SSSR count). The first-order valence-corrected chi connectivity index (χ1v) is 7.96. The van der Waals surface area contributed by atoms with E-state index >= 15 is 0 Å². The van der Waals surface area contributed by atoms with Crippen molar-refractivity contribution in [2.24, 2.45) is 5.73 Å². The minimum absolute atomic E-state index is 0.103. The van der Waals surface area contributed by atoms with Crippen LogP contribution in [0.3, 0.4) is 0 Å². The van der Waals surface area contributed by atoms with Crippen LogP contribution in [0.4, 0.5) is 4.39 Å². The fourth-order valence-electron chi connectivity index (χ4n) is 2.48. The number of likely N-dealkylation sites (tertiary alicyclic amines) is 1. The average molecular weight is 292 g/mol. The largest absolute Gasteiger partial charge is 0.374 e. The fraction of sp³-hybridized carbons (Fsp3) is 0.556. The number of hydrogen-bond acceptors (Lipinski definition) is 2. The maximum Gasteiger partial charge on any atom is 0.123 e. The van der Waals surface area contributed by atoms with Crippen molar-refractivity contribution in [3.05, 3.63) is 47.9 Å². The lowest BCUT2D eigenvalue weighted by Gasteiger charge is -2.29. The zero-order valence-electron chi connectivity index (χ0n) is 13.6. The maximum absolute atomic E-state index is 12.9. The van der Waals surface area contributed by atoms with Crippen molar-refractivity contribution in [2.45, 2.75) is 52.0 Å². The van der Waals surface area contributed by atoms with Gasteiger partial charge in [-0.25, -0.2) is 4.39 Å². The van der Waals surface area contributed by atoms with Gasteiger partial charge in [0.25, 0.3) is 0 Å². The number of benzene rings is 1. The van der Waals surface area contributed by atoms with Crippen molar-refractivity contribution in [1.29, 1.82) is 0 Å². The van der Waals surface area contributed by atoms with E-state index in [-0.39, 0.29) is 17.8 Å². The highest BCUT2D eigenvalue weighted by Crippen LogP contribution is 2.25. The van der Waals surface area contributed by atoms with E-state index in [1.54, 1.807) is 12.1 Å². The molecule has 0 aliphatic carbocycles. The van der Waals surface area contributed by atoms with Crippen LogP contribution in [0.2, 0.25) is 0 Å². The van der Waals surface area contributed by atoms with E-state index in [9.17, 15) is 4.39 Å². The van der Waals surface area contributed by atoms with Crippen LogP contribution in [-0.2, 0) is 0 Å². The molecule has 1 aromatic carbocycles. The summed E-state index contributed by atoms with van der Waals surface area (Å²) in [4.78, 5) is 2.27. The minimum Gasteiger partial charge on any atom is -0.374 e. The lowest BCUT2D eigenvalue weighted by Crippen LogP contribution is -2.36. The summed E-state index contributed by atoms with van der Waals surface area (Å²) in [7, 11) is 0. The Morgan fingerprint density at radius 2 is 1.71 bits per heavy atom. The molecule has 2 unspecified atom stereocenters. The van der Waals surface area contributed by atoms with Gasteiger partial charge in [-0.05, 0) is 30.5 Å². The van der Waals surface area contributed by atoms with Gasteiger partial charge in [0.15, 0.2) is 0 Å². The Morgan fingerprint density at radius 3 is 2.19 bits per heavy atom. The molecule has 1 aliphatic rings. The molecule has 0 bridgehead atoms. The van der Waals surface area contributed by atoms with E-state index in [2.05, 4.69) is 32.3 Å². The second-order valence-electron chi connectivity index (χ2n) is 5.76. The number of hydrogen-bond donors (Lipinski definition) is 1. The topological polar surface area (TPSA) is 29.3 Å². The van der Waals surface area contributed by atoms with Crippen molar-refractivity contribution in [3.8, 4) is 0 Å². The highest BCUT2D eigenvalue weighted by molar-refractivity contribution is 5.25. The third kappa shape index (κ3) is 5.16. The molecule has 1 saturated heterocycles. The zero-order chi connectivity index (χ0) is 15.8. The molecule has 3 heteroatoms. The van der Waals surface area contributed by atoms with Crippen molar-refractivity contribution < 1.29 is 4.39 Å². The summed E-state index contributed by atoms with van der Waals surface area (Å²) in [5.74, 6) is -0.0587. The molecular weight excluding hydrogens is 263 g/mol. The number of rotatable bonds is 4. The molecule has 21 heavy (non-hydrogen) atoms. The van der Waals surface area contributed by atoms with Gasteiger partial charge < -0.3 is 10.6 Å². The predicted molar refractivity (Wildman–Crippen MR) is 88.7 cm³/mol. The molecule has 0 spiro atoms. The number of nitrogens with two attached hydrogens (primary N) is 1. The summed E-state index contributed by atoms with van der Waals surface area (Å²) in [5.41, 5.74) is 8.34. The van der Waals surface area contributed by atoms with Crippen molar-refractivity contribution in [1.82, 2.24) is 4.90 Å². The molecule has 2 nitrogen and oxygen atoms in total. The molecule has 0 amide bonds. The number of halogens is 1. The number of nitrogens with zero attached hydrogens (tertiary/aromatic N) is 1. The summed E-state index contributed by atoms with van der Waals surface area (Å²) in [6.45, 7) is 12.6. The predicted octanol–water partition coefficient (Wildman–Crippen LogP) is 4.28. The zero-order valence-corrected chi connectivity index (χ0v) is 13.6. The van der Waals surface area contributed by atoms with Gasteiger partial charge in [0.2, 0.25) is 0 Å². The molecule has 2 atom stereocenters. The van der Waals surface area contributed by atoms with Crippen LogP contribution in [-0.4, -0.2) is 24.0 Å². The first kappa shape index (κ1) is 17.7. The van der Waals surface area contributed by atoms with Gasteiger partial charge in [-0.1, -0.05) is 45.9 Å². The molecule has 1 aliphatic heterocycles. The Labute approximate surface area is 128 Å². The SMILES string of the molecule is C=C(C(N)C(C)c1ccc(F)cc1)N1CCCC1.CCC. The monoisotopic (exact) mass is 292 g/mol. The van der Waals surface area contributed by atoms with Gasteiger partial charge in [0.1, 0.15) is 5.82 Å². The van der Waals surface area contributed by atoms with Crippen LogP contribution < -0.4 is 5.73 Å². The summed E-state index contributed by atoms with van der Waals surface area (Å²) in [6.07, 6.45) is 3.69. The molecule has 1 heterocycles. The van der Waals surface area contributed by atoms with E-state index in [1.807, 2.05) is 0 Å². The molecule has 118 valence electrons. The lowest BCUT2D eigenvalue weighted by atomic mass is 9.92. The average Bonchev–Trinajstić information content (AvgIpc) is 3.01. The third-order valence-corrected chi connectivity index (χ3v) is 3.83. The van der Waals surface area contributed by atoms with Gasteiger partial charge >= 0.3 is 0 Å². The Bertz CT molecular complexity index is 421. The van der Waals surface area contributed by atoms with Gasteiger partial charge in [-0.15, -0.1) is 0 Å². The fourth-order valence-corrected chi connectivity index (χ4v) is 2.48. The maximum atomic E-state index is 12.9. The van der Waals surface area contributed by atoms with Crippen LogP contribution in [0.1, 0.15) is 51.5 Å². The van der Waals surface area contributed by atoms with Gasteiger partial charge in [-0.3, -0.25) is 0 Å². The lowest BCUT2D eigenvalue weighted by molar-refractivity contribution is 0.379. The van der Waals surface area contributed by atoms with Crippen LogP contribution in [0, 0.1) is 5.82 Å². The smallest absolute Gasteiger partial charge is 0.123 e. The molecule has 0 aromatic heterocycles. The highest BCUT2D eigenvalue weighted by atomic mass is 19.1. The van der Waals surface area contributed by atoms with Gasteiger partial charge in [0, 0.05) is 24.7 Å². The Morgan fingerprint density at radius 1 is 1.24 bits per heavy atom. The normalized spacial score (nSPS) is 16.9. The van der Waals surface area contributed by atoms with Crippen LogP contribution in [0.15, 0.2) is 36.5 Å². The molecule has 1 fully saturated rings. The first-order chi connectivity index (χ1) is 10.0. The molecular formula is C18H29FN2. The second-order valence-corrected chi connectivity index (χ2v) is 5.76. The van der Waals surface area contributed by atoms with Crippen LogP contribution in [0.25, 0.3) is 0 Å². The third-order valence-electron chi connectivity index (χ3n) is 3.83. The van der Waals surface area contributed by atoms with Crippen molar-refractivity contribution >= 4 is 0 Å². The summed E-state index contributed by atoms with van der Waals surface area (Å²) >= 11 is 0. The Balaban J connectivity index is 0.000000677. The Kier molecular flexibility index (Phi) is 7.44. The van der Waals surface area contributed by atoms with E-state index in [0.29, 0.717) is 0 Å². The van der Waals surface area contributed by atoms with E-state index in [0.717, 1.165) is 24.4 Å². The van der Waals surface area contributed by atoms with Gasteiger partial charge in [0.05, 0.1) is 6.04 Å². The second kappa shape index (κ2) is 8.83. The quantitative estimate of drug-likeness (QED) is 0.897. The van der Waals surface area contributed by atoms with E-state index in [1.165, 1.54) is 31.4 Å². The van der Waals surface area contributed by atoms with Crippen LogP contribution >= 0.6 is 0 Å². The van der Waals surface area contributed by atoms with Crippen LogP contribution in [0.5, 0.6) is 0 Å². The molecule has 2 N–H and O–H groups in total. The van der Waals surface area contributed by atoms with Crippen molar-refractivity contribution in [3.63, 3.8) is 0 Å². The highest BCUT2D eigenvalue weighted by Gasteiger charge is 2.23. The van der Waals surface area contributed by atoms with E-state index in [4.69, 9.17) is 5.73 Å². The first-order valence-electron chi connectivity index (χ1n) is 7.96. The molecule has 0 radical (unpaired) electrons. The summed E-state index contributed by atoms with van der Waals surface area (Å²) < 4.78 is 12.9. The summed E-state index contributed by atoms with van der Waals surface area (Å²) in [5, 5.41) is 0. The van der Waals surface area contributed by atoms with Gasteiger partial charge in [-0.2, -0.15) is 0 Å². The molecule has 1 aromatic rings. The minimum atomic E-state index is -0.210.